The molecule has 3 heterocycles. The van der Waals surface area contributed by atoms with Crippen molar-refractivity contribution < 1.29 is 34.1 Å². The number of nitrogens with zero attached hydrogens (tertiary/aromatic N) is 1. The van der Waals surface area contributed by atoms with Gasteiger partial charge in [-0.3, -0.25) is 9.59 Å². The monoisotopic (exact) mass is 504 g/mol. The van der Waals surface area contributed by atoms with Crippen molar-refractivity contribution in [2.75, 3.05) is 0 Å². The first kappa shape index (κ1) is 28.2. The zero-order valence-electron chi connectivity index (χ0n) is 22.0. The van der Waals surface area contributed by atoms with Crippen molar-refractivity contribution in [3.63, 3.8) is 0 Å². The zero-order valence-corrected chi connectivity index (χ0v) is 22.0. The molecule has 0 amide bonds. The number of hydrogen-bond acceptors (Lipinski definition) is 9. The van der Waals surface area contributed by atoms with Crippen molar-refractivity contribution in [3.05, 3.63) is 35.1 Å². The van der Waals surface area contributed by atoms with Crippen LogP contribution in [0.25, 0.3) is 6.08 Å². The van der Waals surface area contributed by atoms with Gasteiger partial charge in [-0.05, 0) is 37.8 Å². The second-order valence-electron chi connectivity index (χ2n) is 10.9. The number of fused-ring (bicyclic) bond motifs is 1. The van der Waals surface area contributed by atoms with E-state index in [-0.39, 0.29) is 42.7 Å². The lowest BCUT2D eigenvalue weighted by atomic mass is 9.73. The van der Waals surface area contributed by atoms with E-state index in [4.69, 9.17) is 9.15 Å². The average Bonchev–Trinajstić information content (AvgIpc) is 3.44. The van der Waals surface area contributed by atoms with E-state index < -0.39 is 35.6 Å². The molecule has 4 N–H and O–H groups in total. The molecule has 3 rings (SSSR count). The number of oxazole rings is 1. The fourth-order valence-electron chi connectivity index (χ4n) is 4.95. The van der Waals surface area contributed by atoms with Gasteiger partial charge in [0.25, 0.3) is 0 Å². The first-order valence-corrected chi connectivity index (χ1v) is 12.6. The van der Waals surface area contributed by atoms with E-state index in [2.05, 4.69) is 10.3 Å². The molecule has 36 heavy (non-hydrogen) atoms. The average molecular weight is 505 g/mol. The van der Waals surface area contributed by atoms with Crippen LogP contribution in [0.15, 0.2) is 27.9 Å². The van der Waals surface area contributed by atoms with Crippen LogP contribution in [0.2, 0.25) is 0 Å². The van der Waals surface area contributed by atoms with E-state index in [9.17, 15) is 24.9 Å². The molecule has 1 saturated heterocycles. The number of ether oxygens (including phenoxy) is 1. The predicted octanol–water partition coefficient (Wildman–Crippen LogP) is 2.54. The Bertz CT molecular complexity index is 1010. The van der Waals surface area contributed by atoms with E-state index >= 15 is 0 Å². The van der Waals surface area contributed by atoms with Crippen LogP contribution in [-0.2, 0) is 20.9 Å². The lowest BCUT2D eigenvalue weighted by Crippen LogP contribution is -2.46. The zero-order chi connectivity index (χ0) is 26.8. The molecule has 1 fully saturated rings. The Morgan fingerprint density at radius 2 is 1.94 bits per heavy atom. The number of carbonyl (C=O) groups is 2. The van der Waals surface area contributed by atoms with Crippen LogP contribution in [-0.4, -0.2) is 62.5 Å². The molecule has 2 unspecified atom stereocenters. The van der Waals surface area contributed by atoms with Crippen LogP contribution >= 0.6 is 0 Å². The second-order valence-corrected chi connectivity index (χ2v) is 10.9. The lowest BCUT2D eigenvalue weighted by Gasteiger charge is -2.34. The SMILES string of the molecule is C/C1=C/C[C@@H](/C(C)=C/c2coc(CO)n2)OC(=O)C[C@H](O)C(C)(C)C(=O)[C@H](C)[C@@H](O)[C@@H](C)C2NC2C1. The molecular weight excluding hydrogens is 464 g/mol. The maximum atomic E-state index is 13.3. The third-order valence-electron chi connectivity index (χ3n) is 7.67. The summed E-state index contributed by atoms with van der Waals surface area (Å²) >= 11 is 0. The van der Waals surface area contributed by atoms with Gasteiger partial charge in [-0.1, -0.05) is 39.3 Å². The number of ketones is 1. The normalized spacial score (nSPS) is 36.0. The highest BCUT2D eigenvalue weighted by Crippen LogP contribution is 2.35. The van der Waals surface area contributed by atoms with E-state index in [1.54, 1.807) is 26.8 Å². The number of cyclic esters (lactones) is 1. The molecule has 0 saturated carbocycles. The van der Waals surface area contributed by atoms with Crippen LogP contribution in [0.1, 0.15) is 72.4 Å². The summed E-state index contributed by atoms with van der Waals surface area (Å²) in [5.41, 5.74) is 1.10. The van der Waals surface area contributed by atoms with Crippen molar-refractivity contribution in [1.82, 2.24) is 10.3 Å². The predicted molar refractivity (Wildman–Crippen MR) is 133 cm³/mol. The van der Waals surface area contributed by atoms with Gasteiger partial charge in [0.2, 0.25) is 5.89 Å². The molecule has 0 radical (unpaired) electrons. The second kappa shape index (κ2) is 11.4. The van der Waals surface area contributed by atoms with Gasteiger partial charge in [0, 0.05) is 24.4 Å². The van der Waals surface area contributed by atoms with Gasteiger partial charge in [0.05, 0.1) is 24.0 Å². The molecule has 200 valence electrons. The third-order valence-corrected chi connectivity index (χ3v) is 7.67. The van der Waals surface area contributed by atoms with E-state index in [1.807, 2.05) is 26.8 Å². The molecule has 9 nitrogen and oxygen atoms in total. The number of rotatable bonds is 3. The summed E-state index contributed by atoms with van der Waals surface area (Å²) in [4.78, 5) is 30.3. The summed E-state index contributed by atoms with van der Waals surface area (Å²) in [5.74, 6) is -1.56. The quantitative estimate of drug-likeness (QED) is 0.276. The van der Waals surface area contributed by atoms with Crippen molar-refractivity contribution in [3.8, 4) is 0 Å². The fourth-order valence-corrected chi connectivity index (χ4v) is 4.95. The van der Waals surface area contributed by atoms with E-state index in [1.165, 1.54) is 6.26 Å². The van der Waals surface area contributed by atoms with Gasteiger partial charge in [-0.15, -0.1) is 0 Å². The number of aliphatic hydroxyl groups is 3. The van der Waals surface area contributed by atoms with E-state index in [0.29, 0.717) is 12.1 Å². The Labute approximate surface area is 212 Å². The minimum atomic E-state index is -1.27. The summed E-state index contributed by atoms with van der Waals surface area (Å²) < 4.78 is 10.9. The fraction of sp³-hybridized carbons (Fsp3) is 0.667. The van der Waals surface area contributed by atoms with Gasteiger partial charge in [-0.2, -0.15) is 0 Å². The van der Waals surface area contributed by atoms with Crippen molar-refractivity contribution in [2.45, 2.75) is 97.8 Å². The van der Waals surface area contributed by atoms with Crippen molar-refractivity contribution in [2.24, 2.45) is 17.3 Å². The molecule has 2 aliphatic rings. The number of Topliss-reactive ketones (excluding diaryl/α,β-unsaturated/α-hetero) is 1. The van der Waals surface area contributed by atoms with Crippen molar-refractivity contribution >= 4 is 17.8 Å². The topological polar surface area (TPSA) is 152 Å². The first-order chi connectivity index (χ1) is 16.8. The maximum absolute atomic E-state index is 13.3. The van der Waals surface area contributed by atoms with E-state index in [0.717, 1.165) is 17.6 Å². The molecule has 9 heteroatoms. The number of esters is 1. The van der Waals surface area contributed by atoms with Gasteiger partial charge < -0.3 is 29.8 Å². The molecule has 2 aliphatic heterocycles. The maximum Gasteiger partial charge on any atom is 0.309 e. The highest BCUT2D eigenvalue weighted by Gasteiger charge is 2.47. The van der Waals surface area contributed by atoms with Gasteiger partial charge in [0.15, 0.2) is 0 Å². The molecule has 1 aromatic heterocycles. The van der Waals surface area contributed by atoms with Gasteiger partial charge in [0.1, 0.15) is 30.5 Å². The summed E-state index contributed by atoms with van der Waals surface area (Å²) in [7, 11) is 0. The van der Waals surface area contributed by atoms with Gasteiger partial charge >= 0.3 is 5.97 Å². The summed E-state index contributed by atoms with van der Waals surface area (Å²) in [5, 5.41) is 34.4. The lowest BCUT2D eigenvalue weighted by molar-refractivity contribution is -0.154. The minimum absolute atomic E-state index is 0.0997. The first-order valence-electron chi connectivity index (χ1n) is 12.6. The molecule has 0 aliphatic carbocycles. The number of hydrogen-bond donors (Lipinski definition) is 4. The third kappa shape index (κ3) is 6.51. The molecule has 0 aromatic carbocycles. The van der Waals surface area contributed by atoms with Crippen molar-refractivity contribution in [1.29, 1.82) is 0 Å². The largest absolute Gasteiger partial charge is 0.457 e. The smallest absolute Gasteiger partial charge is 0.309 e. The molecule has 7 atom stereocenters. The van der Waals surface area contributed by atoms with Crippen LogP contribution in [0.4, 0.5) is 0 Å². The van der Waals surface area contributed by atoms with Gasteiger partial charge in [-0.25, -0.2) is 4.98 Å². The Morgan fingerprint density at radius 1 is 1.25 bits per heavy atom. The molecule has 0 spiro atoms. The highest BCUT2D eigenvalue weighted by molar-refractivity contribution is 5.88. The Kier molecular flexibility index (Phi) is 8.93. The molecular formula is C27H40N2O7. The Morgan fingerprint density at radius 3 is 2.58 bits per heavy atom. The number of carbonyl (C=O) groups excluding carboxylic acids is 2. The van der Waals surface area contributed by atoms with Crippen LogP contribution in [0.3, 0.4) is 0 Å². The number of aromatic nitrogens is 1. The summed E-state index contributed by atoms with van der Waals surface area (Å²) in [6.07, 6.45) is 3.29. The Hall–Kier alpha value is -2.33. The summed E-state index contributed by atoms with van der Waals surface area (Å²) in [6.45, 7) is 10.3. The minimum Gasteiger partial charge on any atom is -0.457 e. The summed E-state index contributed by atoms with van der Waals surface area (Å²) in [6, 6.07) is 0.298. The highest BCUT2D eigenvalue weighted by atomic mass is 16.5. The van der Waals surface area contributed by atoms with Crippen LogP contribution in [0.5, 0.6) is 0 Å². The Balaban J connectivity index is 1.88. The van der Waals surface area contributed by atoms with Crippen LogP contribution in [0, 0.1) is 17.3 Å². The standard InChI is InChI=1S/C27H40N2O7/c1-14-7-8-20(15(2)10-18-13-35-22(12-30)28-18)36-23(32)11-21(31)27(5,6)26(34)17(4)25(33)16(3)24-19(9-14)29-24/h7,10,13,16-17,19-21,24-25,29-31,33H,8-9,11-12H2,1-6H3/b14-7-,15-10+/t16-,17+,19?,20-,21-,24?,25-/m0/s1. The number of nitrogens with one attached hydrogen (secondary N) is 1. The molecule has 1 aromatic rings. The van der Waals surface area contributed by atoms with Crippen LogP contribution < -0.4 is 5.32 Å². The molecule has 0 bridgehead atoms. The number of aliphatic hydroxyl groups excluding tert-OH is 3.